The van der Waals surface area contributed by atoms with Gasteiger partial charge in [-0.15, -0.1) is 0 Å². The predicted molar refractivity (Wildman–Crippen MR) is 86.3 cm³/mol. The molecule has 0 bridgehead atoms. The number of hydrogen-bond acceptors (Lipinski definition) is 5. The van der Waals surface area contributed by atoms with E-state index in [0.717, 1.165) is 0 Å². The molecule has 5 heteroatoms. The van der Waals surface area contributed by atoms with Crippen LogP contribution in [0.2, 0.25) is 0 Å². The van der Waals surface area contributed by atoms with Crippen LogP contribution in [0.1, 0.15) is 51.9 Å². The third-order valence-electron chi connectivity index (χ3n) is 2.95. The molecule has 0 fully saturated rings. The molecular formula is C18H24O5. The van der Waals surface area contributed by atoms with Gasteiger partial charge in [0.2, 0.25) is 0 Å². The summed E-state index contributed by atoms with van der Waals surface area (Å²) in [5.74, 6) is -0.721. The lowest BCUT2D eigenvalue weighted by atomic mass is 9.97. The molecule has 1 aromatic carbocycles. The Bertz CT molecular complexity index is 585. The summed E-state index contributed by atoms with van der Waals surface area (Å²) in [7, 11) is 0. The van der Waals surface area contributed by atoms with Crippen molar-refractivity contribution in [3.63, 3.8) is 0 Å². The van der Waals surface area contributed by atoms with Crippen LogP contribution in [-0.4, -0.2) is 24.3 Å². The fourth-order valence-corrected chi connectivity index (χ4v) is 1.40. The Balaban J connectivity index is 2.65. The van der Waals surface area contributed by atoms with Crippen LogP contribution in [0.5, 0.6) is 5.75 Å². The van der Waals surface area contributed by atoms with Crippen molar-refractivity contribution < 1.29 is 23.9 Å². The van der Waals surface area contributed by atoms with Crippen LogP contribution in [-0.2, 0) is 14.3 Å². The van der Waals surface area contributed by atoms with E-state index in [4.69, 9.17) is 9.47 Å². The van der Waals surface area contributed by atoms with Gasteiger partial charge in [-0.1, -0.05) is 0 Å². The molecule has 0 heterocycles. The first kappa shape index (κ1) is 18.9. The molecule has 5 nitrogen and oxygen atoms in total. The van der Waals surface area contributed by atoms with E-state index in [2.05, 4.69) is 0 Å². The normalized spacial score (nSPS) is 11.7. The summed E-state index contributed by atoms with van der Waals surface area (Å²) in [6, 6.07) is 6.17. The molecular weight excluding hydrogens is 296 g/mol. The fraction of sp³-hybridized carbons (Fsp3) is 0.500. The second kappa shape index (κ2) is 6.94. The third kappa shape index (κ3) is 5.85. The van der Waals surface area contributed by atoms with Crippen molar-refractivity contribution in [2.45, 2.75) is 41.5 Å². The number of esters is 2. The maximum absolute atomic E-state index is 12.0. The number of carbonyl (C=O) groups excluding carboxylic acids is 3. The number of ether oxygens (including phenoxy) is 2. The van der Waals surface area contributed by atoms with Gasteiger partial charge in [-0.2, -0.15) is 0 Å². The minimum absolute atomic E-state index is 0.308. The van der Waals surface area contributed by atoms with Gasteiger partial charge in [-0.3, -0.25) is 14.4 Å². The highest BCUT2D eigenvalue weighted by molar-refractivity contribution is 5.98. The van der Waals surface area contributed by atoms with Gasteiger partial charge < -0.3 is 9.47 Å². The Morgan fingerprint density at radius 3 is 1.74 bits per heavy atom. The van der Waals surface area contributed by atoms with E-state index in [1.54, 1.807) is 65.8 Å². The molecule has 0 spiro atoms. The van der Waals surface area contributed by atoms with Gasteiger partial charge in [0.1, 0.15) is 5.75 Å². The summed E-state index contributed by atoms with van der Waals surface area (Å²) in [6.07, 6.45) is 0. The molecule has 0 saturated heterocycles. The summed E-state index contributed by atoms with van der Waals surface area (Å²) in [6.45, 7) is 10.1. The van der Waals surface area contributed by atoms with Crippen LogP contribution in [0, 0.1) is 10.8 Å². The lowest BCUT2D eigenvalue weighted by Gasteiger charge is -2.17. The van der Waals surface area contributed by atoms with Crippen LogP contribution < -0.4 is 4.74 Å². The molecule has 0 amide bonds. The molecule has 0 unspecified atom stereocenters. The first-order valence-electron chi connectivity index (χ1n) is 7.44. The van der Waals surface area contributed by atoms with Crippen molar-refractivity contribution in [2.75, 3.05) is 6.61 Å². The zero-order chi connectivity index (χ0) is 17.8. The summed E-state index contributed by atoms with van der Waals surface area (Å²) in [5, 5.41) is 0. The lowest BCUT2D eigenvalue weighted by molar-refractivity contribution is -0.151. The van der Waals surface area contributed by atoms with E-state index in [-0.39, 0.29) is 18.4 Å². The number of carbonyl (C=O) groups is 3. The van der Waals surface area contributed by atoms with Crippen molar-refractivity contribution in [1.29, 1.82) is 0 Å². The molecule has 23 heavy (non-hydrogen) atoms. The largest absolute Gasteiger partial charge is 0.457 e. The molecule has 1 rings (SSSR count). The van der Waals surface area contributed by atoms with Gasteiger partial charge in [0.25, 0.3) is 0 Å². The highest BCUT2D eigenvalue weighted by Crippen LogP contribution is 2.20. The summed E-state index contributed by atoms with van der Waals surface area (Å²) >= 11 is 0. The zero-order valence-corrected chi connectivity index (χ0v) is 14.6. The molecule has 1 aromatic rings. The van der Waals surface area contributed by atoms with Crippen LogP contribution in [0.25, 0.3) is 0 Å². The smallest absolute Gasteiger partial charge is 0.316 e. The minimum Gasteiger partial charge on any atom is -0.457 e. The third-order valence-corrected chi connectivity index (χ3v) is 2.95. The standard InChI is InChI=1S/C18H24O5/c1-17(2,3)15(20)22-11-14(19)12-7-9-13(10-8-12)23-16(21)18(4,5)6/h7-10H,11H2,1-6H3. The first-order chi connectivity index (χ1) is 10.4. The van der Waals surface area contributed by atoms with Crippen LogP contribution >= 0.6 is 0 Å². The van der Waals surface area contributed by atoms with Crippen molar-refractivity contribution >= 4 is 17.7 Å². The molecule has 0 N–H and O–H groups in total. The number of benzene rings is 1. The van der Waals surface area contributed by atoms with Crippen molar-refractivity contribution in [3.8, 4) is 5.75 Å². The summed E-state index contributed by atoms with van der Waals surface area (Å²) < 4.78 is 10.2. The average molecular weight is 320 g/mol. The first-order valence-corrected chi connectivity index (χ1v) is 7.44. The lowest BCUT2D eigenvalue weighted by Crippen LogP contribution is -2.26. The highest BCUT2D eigenvalue weighted by atomic mass is 16.5. The molecule has 126 valence electrons. The quantitative estimate of drug-likeness (QED) is 0.483. The van der Waals surface area contributed by atoms with Gasteiger partial charge in [0, 0.05) is 5.56 Å². The maximum atomic E-state index is 12.0. The Kier molecular flexibility index (Phi) is 5.70. The Morgan fingerprint density at radius 2 is 1.30 bits per heavy atom. The van der Waals surface area contributed by atoms with Gasteiger partial charge in [-0.05, 0) is 65.8 Å². The van der Waals surface area contributed by atoms with Crippen LogP contribution in [0.4, 0.5) is 0 Å². The second-order valence-corrected chi connectivity index (χ2v) is 7.41. The predicted octanol–water partition coefficient (Wildman–Crippen LogP) is 3.41. The second-order valence-electron chi connectivity index (χ2n) is 7.41. The number of rotatable bonds is 4. The number of hydrogen-bond donors (Lipinski definition) is 0. The molecule has 0 saturated carbocycles. The van der Waals surface area contributed by atoms with Gasteiger partial charge in [-0.25, -0.2) is 0 Å². The molecule has 0 aliphatic heterocycles. The molecule has 0 radical (unpaired) electrons. The molecule has 0 atom stereocenters. The summed E-state index contributed by atoms with van der Waals surface area (Å²) in [5.41, 5.74) is -0.858. The van der Waals surface area contributed by atoms with Gasteiger partial charge in [0.05, 0.1) is 10.8 Å². The summed E-state index contributed by atoms with van der Waals surface area (Å²) in [4.78, 5) is 35.4. The molecule has 0 aromatic heterocycles. The van der Waals surface area contributed by atoms with Crippen molar-refractivity contribution in [2.24, 2.45) is 10.8 Å². The SMILES string of the molecule is CC(C)(C)C(=O)OCC(=O)c1ccc(OC(=O)C(C)(C)C)cc1. The zero-order valence-electron chi connectivity index (χ0n) is 14.6. The Morgan fingerprint density at radius 1 is 0.826 bits per heavy atom. The van der Waals surface area contributed by atoms with E-state index in [0.29, 0.717) is 11.3 Å². The van der Waals surface area contributed by atoms with Gasteiger partial charge in [0.15, 0.2) is 12.4 Å². The van der Waals surface area contributed by atoms with Crippen LogP contribution in [0.3, 0.4) is 0 Å². The monoisotopic (exact) mass is 320 g/mol. The Hall–Kier alpha value is -2.17. The number of ketones is 1. The van der Waals surface area contributed by atoms with E-state index in [1.165, 1.54) is 0 Å². The number of Topliss-reactive ketones (excluding diaryl/α,β-unsaturated/α-hetero) is 1. The highest BCUT2D eigenvalue weighted by Gasteiger charge is 2.25. The van der Waals surface area contributed by atoms with E-state index in [9.17, 15) is 14.4 Å². The molecule has 0 aliphatic carbocycles. The Labute approximate surface area is 137 Å². The van der Waals surface area contributed by atoms with E-state index < -0.39 is 16.8 Å². The van der Waals surface area contributed by atoms with Crippen molar-refractivity contribution in [3.05, 3.63) is 29.8 Å². The topological polar surface area (TPSA) is 69.7 Å². The maximum Gasteiger partial charge on any atom is 0.316 e. The molecule has 0 aliphatic rings. The van der Waals surface area contributed by atoms with Gasteiger partial charge >= 0.3 is 11.9 Å². The van der Waals surface area contributed by atoms with E-state index in [1.807, 2.05) is 0 Å². The van der Waals surface area contributed by atoms with Crippen molar-refractivity contribution in [1.82, 2.24) is 0 Å². The fourth-order valence-electron chi connectivity index (χ4n) is 1.40. The minimum atomic E-state index is -0.648. The van der Waals surface area contributed by atoms with Crippen LogP contribution in [0.15, 0.2) is 24.3 Å². The van der Waals surface area contributed by atoms with E-state index >= 15 is 0 Å². The average Bonchev–Trinajstić information content (AvgIpc) is 2.43.